The Morgan fingerprint density at radius 2 is 1.87 bits per heavy atom. The number of aryl methyl sites for hydroxylation is 2. The molecule has 0 saturated carbocycles. The summed E-state index contributed by atoms with van der Waals surface area (Å²) in [6.45, 7) is 6.03. The second-order valence-electron chi connectivity index (χ2n) is 5.15. The minimum atomic E-state index is -0.434. The van der Waals surface area contributed by atoms with Gasteiger partial charge < -0.3 is 14.5 Å². The number of carbonyl (C=O) groups is 2. The molecule has 124 valence electrons. The smallest absolute Gasteiger partial charge is 0.355 e. The number of aromatic amines is 1. The van der Waals surface area contributed by atoms with Crippen LogP contribution in [0.5, 0.6) is 0 Å². The van der Waals surface area contributed by atoms with E-state index in [1.807, 2.05) is 13.0 Å². The van der Waals surface area contributed by atoms with Gasteiger partial charge in [-0.1, -0.05) is 11.6 Å². The third-order valence-corrected chi connectivity index (χ3v) is 3.96. The lowest BCUT2D eigenvalue weighted by Crippen LogP contribution is -2.10. The zero-order valence-electron chi connectivity index (χ0n) is 13.5. The number of benzene rings is 1. The zero-order chi connectivity index (χ0) is 17.0. The Labute approximate surface area is 139 Å². The van der Waals surface area contributed by atoms with Crippen LogP contribution in [0.4, 0.5) is 0 Å². The van der Waals surface area contributed by atoms with Crippen LogP contribution >= 0.6 is 11.6 Å². The van der Waals surface area contributed by atoms with Crippen molar-refractivity contribution in [2.24, 2.45) is 0 Å². The third-order valence-electron chi connectivity index (χ3n) is 3.55. The average Bonchev–Trinajstić information content (AvgIpc) is 2.84. The van der Waals surface area contributed by atoms with Gasteiger partial charge in [0.2, 0.25) is 0 Å². The molecule has 0 amide bonds. The van der Waals surface area contributed by atoms with Gasteiger partial charge >= 0.3 is 11.9 Å². The number of carbonyl (C=O) groups excluding carboxylic acids is 2. The van der Waals surface area contributed by atoms with E-state index in [-0.39, 0.29) is 19.0 Å². The predicted octanol–water partition coefficient (Wildman–Crippen LogP) is 3.80. The number of hydrogen-bond acceptors (Lipinski definition) is 4. The van der Waals surface area contributed by atoms with Crippen molar-refractivity contribution in [3.63, 3.8) is 0 Å². The second kappa shape index (κ2) is 7.51. The molecule has 0 aliphatic carbocycles. The van der Waals surface area contributed by atoms with Crippen molar-refractivity contribution in [2.75, 3.05) is 13.2 Å². The van der Waals surface area contributed by atoms with E-state index in [0.717, 1.165) is 22.0 Å². The van der Waals surface area contributed by atoms with Gasteiger partial charge in [0.05, 0.1) is 13.2 Å². The van der Waals surface area contributed by atoms with Gasteiger partial charge in [0.25, 0.3) is 0 Å². The topological polar surface area (TPSA) is 68.4 Å². The lowest BCUT2D eigenvalue weighted by Gasteiger charge is -2.05. The van der Waals surface area contributed by atoms with E-state index in [0.29, 0.717) is 23.7 Å². The van der Waals surface area contributed by atoms with Crippen molar-refractivity contribution in [1.29, 1.82) is 0 Å². The fourth-order valence-electron chi connectivity index (χ4n) is 2.48. The van der Waals surface area contributed by atoms with E-state index in [4.69, 9.17) is 21.1 Å². The highest BCUT2D eigenvalue weighted by Crippen LogP contribution is 2.29. The van der Waals surface area contributed by atoms with E-state index < -0.39 is 5.97 Å². The van der Waals surface area contributed by atoms with Gasteiger partial charge in [-0.2, -0.15) is 0 Å². The Kier molecular flexibility index (Phi) is 5.66. The number of fused-ring (bicyclic) bond motifs is 1. The number of rotatable bonds is 6. The van der Waals surface area contributed by atoms with Crippen molar-refractivity contribution >= 4 is 34.4 Å². The maximum atomic E-state index is 12.2. The van der Waals surface area contributed by atoms with Crippen LogP contribution in [0.3, 0.4) is 0 Å². The molecule has 1 heterocycles. The van der Waals surface area contributed by atoms with Gasteiger partial charge in [0, 0.05) is 22.3 Å². The van der Waals surface area contributed by atoms with Gasteiger partial charge in [-0.3, -0.25) is 4.79 Å². The summed E-state index contributed by atoms with van der Waals surface area (Å²) < 4.78 is 10.1. The van der Waals surface area contributed by atoms with Crippen LogP contribution < -0.4 is 0 Å². The fraction of sp³-hybridized carbons (Fsp3) is 0.412. The van der Waals surface area contributed by atoms with Crippen molar-refractivity contribution in [1.82, 2.24) is 4.98 Å². The molecule has 1 aromatic heterocycles. The largest absolute Gasteiger partial charge is 0.466 e. The molecule has 23 heavy (non-hydrogen) atoms. The number of ether oxygens (including phenoxy) is 2. The average molecular weight is 338 g/mol. The van der Waals surface area contributed by atoms with Gasteiger partial charge in [0.15, 0.2) is 0 Å². The molecule has 0 saturated heterocycles. The lowest BCUT2D eigenvalue weighted by molar-refractivity contribution is -0.143. The molecular formula is C17H20ClNO4. The van der Waals surface area contributed by atoms with Crippen LogP contribution in [-0.4, -0.2) is 30.1 Å². The molecule has 0 unspecified atom stereocenters. The van der Waals surface area contributed by atoms with Crippen LogP contribution in [0.1, 0.15) is 41.9 Å². The minimum Gasteiger partial charge on any atom is -0.466 e. The van der Waals surface area contributed by atoms with E-state index in [1.54, 1.807) is 19.9 Å². The zero-order valence-corrected chi connectivity index (χ0v) is 14.3. The van der Waals surface area contributed by atoms with Crippen LogP contribution in [-0.2, 0) is 20.7 Å². The highest BCUT2D eigenvalue weighted by atomic mass is 35.5. The van der Waals surface area contributed by atoms with Crippen molar-refractivity contribution < 1.29 is 19.1 Å². The molecule has 0 aliphatic rings. The first kappa shape index (κ1) is 17.3. The van der Waals surface area contributed by atoms with Gasteiger partial charge in [-0.15, -0.1) is 0 Å². The molecule has 0 spiro atoms. The number of H-pyrrole nitrogens is 1. The molecule has 1 N–H and O–H groups in total. The van der Waals surface area contributed by atoms with Crippen molar-refractivity contribution in [2.45, 2.75) is 33.6 Å². The lowest BCUT2D eigenvalue weighted by atomic mass is 10.0. The van der Waals surface area contributed by atoms with E-state index in [1.165, 1.54) is 0 Å². The summed E-state index contributed by atoms with van der Waals surface area (Å²) in [7, 11) is 0. The number of nitrogens with one attached hydrogen (secondary N) is 1. The summed E-state index contributed by atoms with van der Waals surface area (Å²) in [5.41, 5.74) is 2.78. The number of esters is 2. The first-order chi connectivity index (χ1) is 11.0. The first-order valence-electron chi connectivity index (χ1n) is 7.61. The molecule has 6 heteroatoms. The Balaban J connectivity index is 2.44. The Hall–Kier alpha value is -2.01. The molecule has 0 atom stereocenters. The van der Waals surface area contributed by atoms with Crippen LogP contribution in [0.25, 0.3) is 10.9 Å². The van der Waals surface area contributed by atoms with Gasteiger partial charge in [0.1, 0.15) is 5.69 Å². The van der Waals surface area contributed by atoms with Crippen molar-refractivity contribution in [3.8, 4) is 0 Å². The van der Waals surface area contributed by atoms with Crippen LogP contribution in [0.2, 0.25) is 5.02 Å². The Bertz CT molecular complexity index is 736. The molecule has 2 aromatic rings. The SMILES string of the molecule is CCOC(=O)CCc1c(C(=O)OCC)[nH]c2cc(Cl)c(C)cc12. The molecule has 5 nitrogen and oxygen atoms in total. The van der Waals surface area contributed by atoms with Gasteiger partial charge in [-0.05, 0) is 50.5 Å². The number of hydrogen-bond donors (Lipinski definition) is 1. The monoisotopic (exact) mass is 337 g/mol. The van der Waals surface area contributed by atoms with E-state index in [9.17, 15) is 9.59 Å². The summed E-state index contributed by atoms with van der Waals surface area (Å²) in [4.78, 5) is 26.9. The van der Waals surface area contributed by atoms with Crippen LogP contribution in [0.15, 0.2) is 12.1 Å². The molecule has 0 fully saturated rings. The third kappa shape index (κ3) is 3.85. The van der Waals surface area contributed by atoms with E-state index >= 15 is 0 Å². The summed E-state index contributed by atoms with van der Waals surface area (Å²) in [5, 5.41) is 1.49. The normalized spacial score (nSPS) is 10.8. The standard InChI is InChI=1S/C17H20ClNO4/c1-4-22-15(20)7-6-11-12-8-10(3)13(18)9-14(12)19-16(11)17(21)23-5-2/h8-9,19H,4-7H2,1-3H3. The molecule has 1 aromatic carbocycles. The van der Waals surface area contributed by atoms with Gasteiger partial charge in [-0.25, -0.2) is 4.79 Å². The molecular weight excluding hydrogens is 318 g/mol. The van der Waals surface area contributed by atoms with Crippen molar-refractivity contribution in [3.05, 3.63) is 34.0 Å². The summed E-state index contributed by atoms with van der Waals surface area (Å²) in [5.74, 6) is -0.723. The second-order valence-corrected chi connectivity index (χ2v) is 5.56. The minimum absolute atomic E-state index is 0.203. The maximum absolute atomic E-state index is 12.2. The maximum Gasteiger partial charge on any atom is 0.355 e. The first-order valence-corrected chi connectivity index (χ1v) is 7.99. The number of halogens is 1. The van der Waals surface area contributed by atoms with Crippen LogP contribution in [0, 0.1) is 6.92 Å². The molecule has 0 bridgehead atoms. The molecule has 0 radical (unpaired) electrons. The summed E-state index contributed by atoms with van der Waals surface area (Å²) in [6, 6.07) is 3.69. The Morgan fingerprint density at radius 1 is 1.17 bits per heavy atom. The molecule has 0 aliphatic heterocycles. The quantitative estimate of drug-likeness (QED) is 0.814. The molecule has 2 rings (SSSR count). The van der Waals surface area contributed by atoms with E-state index in [2.05, 4.69) is 4.98 Å². The highest BCUT2D eigenvalue weighted by molar-refractivity contribution is 6.32. The summed E-state index contributed by atoms with van der Waals surface area (Å²) >= 11 is 6.15. The predicted molar refractivity (Wildman–Crippen MR) is 89.0 cm³/mol. The fourth-order valence-corrected chi connectivity index (χ4v) is 2.64. The number of aromatic nitrogens is 1. The highest BCUT2D eigenvalue weighted by Gasteiger charge is 2.20. The Morgan fingerprint density at radius 3 is 2.52 bits per heavy atom. The summed E-state index contributed by atoms with van der Waals surface area (Å²) in [6.07, 6.45) is 0.600.